The van der Waals surface area contributed by atoms with Crippen LogP contribution in [0.5, 0.6) is 0 Å². The van der Waals surface area contributed by atoms with Gasteiger partial charge in [-0.2, -0.15) is 0 Å². The van der Waals surface area contributed by atoms with Crippen molar-refractivity contribution in [3.63, 3.8) is 0 Å². The third-order valence-electron chi connectivity index (χ3n) is 3.95. The van der Waals surface area contributed by atoms with Crippen LogP contribution in [-0.4, -0.2) is 32.0 Å². The van der Waals surface area contributed by atoms with Crippen molar-refractivity contribution in [1.29, 1.82) is 0 Å². The molecule has 1 aliphatic heterocycles. The van der Waals surface area contributed by atoms with Crippen LogP contribution in [0.1, 0.15) is 21.6 Å². The van der Waals surface area contributed by atoms with E-state index in [1.807, 2.05) is 35.9 Å². The van der Waals surface area contributed by atoms with E-state index in [1.165, 1.54) is 0 Å². The first-order valence-electron chi connectivity index (χ1n) is 7.46. The average molecular weight is 305 g/mol. The highest BCUT2D eigenvalue weighted by Gasteiger charge is 2.18. The molecule has 4 rings (SSSR count). The van der Waals surface area contributed by atoms with Gasteiger partial charge < -0.3 is 5.32 Å². The van der Waals surface area contributed by atoms with Gasteiger partial charge in [0.05, 0.1) is 11.9 Å². The molecule has 2 aromatic heterocycles. The summed E-state index contributed by atoms with van der Waals surface area (Å²) < 4.78 is 1.92. The summed E-state index contributed by atoms with van der Waals surface area (Å²) in [5.74, 6) is 0.679. The zero-order valence-corrected chi connectivity index (χ0v) is 12.7. The van der Waals surface area contributed by atoms with Crippen molar-refractivity contribution >= 4 is 5.91 Å². The Labute approximate surface area is 133 Å². The van der Waals surface area contributed by atoms with Crippen LogP contribution in [0.15, 0.2) is 43.0 Å². The third kappa shape index (κ3) is 2.38. The van der Waals surface area contributed by atoms with Crippen molar-refractivity contribution in [2.24, 2.45) is 0 Å². The second-order valence-electron chi connectivity index (χ2n) is 5.51. The van der Waals surface area contributed by atoms with Crippen LogP contribution < -0.4 is 5.32 Å². The quantitative estimate of drug-likeness (QED) is 0.785. The van der Waals surface area contributed by atoms with Crippen molar-refractivity contribution in [2.45, 2.75) is 13.3 Å². The number of fused-ring (bicyclic) bond motifs is 1. The second-order valence-corrected chi connectivity index (χ2v) is 5.51. The number of imidazole rings is 1. The Hall–Kier alpha value is -3.02. The summed E-state index contributed by atoms with van der Waals surface area (Å²) in [5.41, 5.74) is 4.24. The lowest BCUT2D eigenvalue weighted by molar-refractivity contribution is 0.0946. The largest absolute Gasteiger partial charge is 0.352 e. The summed E-state index contributed by atoms with van der Waals surface area (Å²) in [4.78, 5) is 25.1. The van der Waals surface area contributed by atoms with Crippen LogP contribution >= 0.6 is 0 Å². The standard InChI is InChI=1S/C17H15N5O/c1-11-9-21-15(10-20-11)16-18-6-7-22(16)13-3-2-12-4-5-19-17(23)14(12)8-13/h2-3,6-10H,4-5H2,1H3,(H,19,23). The summed E-state index contributed by atoms with van der Waals surface area (Å²) in [7, 11) is 0. The summed E-state index contributed by atoms with van der Waals surface area (Å²) in [6.45, 7) is 2.59. The Morgan fingerprint density at radius 2 is 2.09 bits per heavy atom. The summed E-state index contributed by atoms with van der Waals surface area (Å²) in [6.07, 6.45) is 7.87. The topological polar surface area (TPSA) is 72.7 Å². The number of nitrogens with one attached hydrogen (secondary N) is 1. The minimum absolute atomic E-state index is 0.0232. The van der Waals surface area contributed by atoms with Gasteiger partial charge in [0, 0.05) is 36.4 Å². The van der Waals surface area contributed by atoms with Gasteiger partial charge >= 0.3 is 0 Å². The minimum Gasteiger partial charge on any atom is -0.352 e. The molecule has 0 aliphatic carbocycles. The van der Waals surface area contributed by atoms with Gasteiger partial charge in [0.25, 0.3) is 5.91 Å². The zero-order valence-electron chi connectivity index (χ0n) is 12.7. The van der Waals surface area contributed by atoms with Crippen LogP contribution in [0.3, 0.4) is 0 Å². The lowest BCUT2D eigenvalue weighted by Crippen LogP contribution is -2.31. The molecule has 0 spiro atoms. The first-order valence-corrected chi connectivity index (χ1v) is 7.46. The Kier molecular flexibility index (Phi) is 3.15. The second kappa shape index (κ2) is 5.31. The highest BCUT2D eigenvalue weighted by Crippen LogP contribution is 2.23. The number of carbonyl (C=O) groups is 1. The lowest BCUT2D eigenvalue weighted by atomic mass is 10.00. The van der Waals surface area contributed by atoms with Gasteiger partial charge in [0.15, 0.2) is 5.82 Å². The molecule has 3 aromatic rings. The molecule has 0 fully saturated rings. The predicted octanol–water partition coefficient (Wildman–Crippen LogP) is 1.92. The molecule has 6 heteroatoms. The summed E-state index contributed by atoms with van der Waals surface area (Å²) >= 11 is 0. The number of nitrogens with zero attached hydrogens (tertiary/aromatic N) is 4. The Morgan fingerprint density at radius 3 is 2.91 bits per heavy atom. The molecule has 0 radical (unpaired) electrons. The molecule has 3 heterocycles. The number of carbonyl (C=O) groups excluding carboxylic acids is 1. The van der Waals surface area contributed by atoms with E-state index in [1.54, 1.807) is 18.6 Å². The van der Waals surface area contributed by atoms with Gasteiger partial charge in [0.2, 0.25) is 0 Å². The summed E-state index contributed by atoms with van der Waals surface area (Å²) in [6, 6.07) is 5.91. The number of amides is 1. The molecule has 23 heavy (non-hydrogen) atoms. The van der Waals surface area contributed by atoms with E-state index >= 15 is 0 Å². The fraction of sp³-hybridized carbons (Fsp3) is 0.176. The highest BCUT2D eigenvalue weighted by atomic mass is 16.1. The van der Waals surface area contributed by atoms with Gasteiger partial charge in [-0.3, -0.25) is 14.3 Å². The van der Waals surface area contributed by atoms with E-state index in [0.29, 0.717) is 18.1 Å². The van der Waals surface area contributed by atoms with Crippen LogP contribution in [0, 0.1) is 6.92 Å². The van der Waals surface area contributed by atoms with Crippen molar-refractivity contribution in [3.8, 4) is 17.2 Å². The molecule has 0 atom stereocenters. The van der Waals surface area contributed by atoms with E-state index in [2.05, 4.69) is 20.3 Å². The fourth-order valence-electron chi connectivity index (χ4n) is 2.76. The van der Waals surface area contributed by atoms with Crippen LogP contribution in [0.4, 0.5) is 0 Å². The maximum absolute atomic E-state index is 12.0. The molecule has 114 valence electrons. The number of aryl methyl sites for hydroxylation is 1. The van der Waals surface area contributed by atoms with E-state index in [9.17, 15) is 4.79 Å². The Morgan fingerprint density at radius 1 is 1.17 bits per heavy atom. The van der Waals surface area contributed by atoms with Gasteiger partial charge in [-0.05, 0) is 31.0 Å². The first-order chi connectivity index (χ1) is 11.2. The number of rotatable bonds is 2. The van der Waals surface area contributed by atoms with Gasteiger partial charge in [-0.15, -0.1) is 0 Å². The Balaban J connectivity index is 1.80. The number of aromatic nitrogens is 4. The zero-order chi connectivity index (χ0) is 15.8. The monoisotopic (exact) mass is 305 g/mol. The SMILES string of the molecule is Cc1cnc(-c2nccn2-c2ccc3c(c2)C(=O)NCC3)cn1. The summed E-state index contributed by atoms with van der Waals surface area (Å²) in [5, 5.41) is 2.88. The normalized spacial score (nSPS) is 13.5. The van der Waals surface area contributed by atoms with E-state index in [-0.39, 0.29) is 5.91 Å². The smallest absolute Gasteiger partial charge is 0.251 e. The van der Waals surface area contributed by atoms with Crippen LogP contribution in [-0.2, 0) is 6.42 Å². The van der Waals surface area contributed by atoms with Crippen LogP contribution in [0.25, 0.3) is 17.2 Å². The minimum atomic E-state index is -0.0232. The fourth-order valence-corrected chi connectivity index (χ4v) is 2.76. The number of hydrogen-bond donors (Lipinski definition) is 1. The molecule has 0 bridgehead atoms. The molecule has 0 unspecified atom stereocenters. The molecular weight excluding hydrogens is 290 g/mol. The molecule has 1 aromatic carbocycles. The maximum Gasteiger partial charge on any atom is 0.251 e. The third-order valence-corrected chi connectivity index (χ3v) is 3.95. The van der Waals surface area contributed by atoms with Gasteiger partial charge in [0.1, 0.15) is 5.69 Å². The average Bonchev–Trinajstić information content (AvgIpc) is 3.05. The molecule has 0 saturated carbocycles. The van der Waals surface area contributed by atoms with E-state index in [4.69, 9.17) is 0 Å². The lowest BCUT2D eigenvalue weighted by Gasteiger charge is -2.18. The molecular formula is C17H15N5O. The van der Waals surface area contributed by atoms with Gasteiger partial charge in [-0.1, -0.05) is 6.07 Å². The van der Waals surface area contributed by atoms with E-state index < -0.39 is 0 Å². The predicted molar refractivity (Wildman–Crippen MR) is 85.4 cm³/mol. The highest BCUT2D eigenvalue weighted by molar-refractivity contribution is 5.97. The number of benzene rings is 1. The molecule has 1 N–H and O–H groups in total. The number of hydrogen-bond acceptors (Lipinski definition) is 4. The van der Waals surface area contributed by atoms with Crippen molar-refractivity contribution in [2.75, 3.05) is 6.54 Å². The molecule has 0 saturated heterocycles. The maximum atomic E-state index is 12.0. The molecule has 1 aliphatic rings. The van der Waals surface area contributed by atoms with Crippen molar-refractivity contribution < 1.29 is 4.79 Å². The van der Waals surface area contributed by atoms with Gasteiger partial charge in [-0.25, -0.2) is 9.97 Å². The van der Waals surface area contributed by atoms with Crippen LogP contribution in [0.2, 0.25) is 0 Å². The molecule has 6 nitrogen and oxygen atoms in total. The Bertz CT molecular complexity index is 882. The van der Waals surface area contributed by atoms with Crippen molar-refractivity contribution in [3.05, 3.63) is 59.8 Å². The van der Waals surface area contributed by atoms with E-state index in [0.717, 1.165) is 28.9 Å². The first kappa shape index (κ1) is 13.6. The van der Waals surface area contributed by atoms with Crippen molar-refractivity contribution in [1.82, 2.24) is 24.8 Å². The molecule has 1 amide bonds.